The van der Waals surface area contributed by atoms with E-state index >= 15 is 0 Å². The third kappa shape index (κ3) is 4.27. The van der Waals surface area contributed by atoms with Crippen molar-refractivity contribution < 1.29 is 35.8 Å². The fourth-order valence-corrected chi connectivity index (χ4v) is 2.98. The van der Waals surface area contributed by atoms with Gasteiger partial charge in [-0.1, -0.05) is 49.7 Å². The Labute approximate surface area is 159 Å². The second-order valence-corrected chi connectivity index (χ2v) is 6.23. The van der Waals surface area contributed by atoms with Crippen LogP contribution in [0.15, 0.2) is 48.5 Å². The van der Waals surface area contributed by atoms with Gasteiger partial charge in [0.1, 0.15) is 12.4 Å². The SMILES string of the molecule is CCCc1cc(C(OC)(C(F)(F)F)C(F)(F)F)ccc1OCc1ccccc1. The molecule has 2 aromatic carbocycles. The van der Waals surface area contributed by atoms with E-state index in [4.69, 9.17) is 4.74 Å². The molecule has 0 aliphatic carbocycles. The molecule has 2 aromatic rings. The molecule has 0 heterocycles. The van der Waals surface area contributed by atoms with E-state index in [1.165, 1.54) is 0 Å². The van der Waals surface area contributed by atoms with E-state index in [0.717, 1.165) is 23.8 Å². The molecule has 28 heavy (non-hydrogen) atoms. The van der Waals surface area contributed by atoms with Gasteiger partial charge in [0.15, 0.2) is 0 Å². The number of ether oxygens (including phenoxy) is 2. The fourth-order valence-electron chi connectivity index (χ4n) is 2.98. The molecule has 0 amide bonds. The van der Waals surface area contributed by atoms with Gasteiger partial charge in [0, 0.05) is 12.7 Å². The first-order valence-electron chi connectivity index (χ1n) is 8.55. The number of methoxy groups -OCH3 is 1. The molecule has 0 saturated heterocycles. The molecule has 0 N–H and O–H groups in total. The van der Waals surface area contributed by atoms with E-state index in [-0.39, 0.29) is 24.3 Å². The first-order valence-corrected chi connectivity index (χ1v) is 8.55. The van der Waals surface area contributed by atoms with E-state index < -0.39 is 23.5 Å². The molecule has 0 saturated carbocycles. The van der Waals surface area contributed by atoms with Crippen molar-refractivity contribution in [3.63, 3.8) is 0 Å². The summed E-state index contributed by atoms with van der Waals surface area (Å²) in [4.78, 5) is 0. The van der Waals surface area contributed by atoms with Crippen molar-refractivity contribution in [3.05, 3.63) is 65.2 Å². The predicted molar refractivity (Wildman–Crippen MR) is 92.0 cm³/mol. The summed E-state index contributed by atoms with van der Waals surface area (Å²) in [5.41, 5.74) is -4.34. The number of aryl methyl sites for hydroxylation is 1. The van der Waals surface area contributed by atoms with Crippen LogP contribution in [0.2, 0.25) is 0 Å². The first kappa shape index (κ1) is 22.1. The van der Waals surface area contributed by atoms with Crippen molar-refractivity contribution >= 4 is 0 Å². The average Bonchev–Trinajstić information content (AvgIpc) is 2.61. The third-order valence-electron chi connectivity index (χ3n) is 4.33. The van der Waals surface area contributed by atoms with Crippen LogP contribution in [0.25, 0.3) is 0 Å². The van der Waals surface area contributed by atoms with E-state index in [0.29, 0.717) is 13.5 Å². The van der Waals surface area contributed by atoms with Gasteiger partial charge < -0.3 is 9.47 Å². The average molecular weight is 406 g/mol. The molecule has 0 unspecified atom stereocenters. The largest absolute Gasteiger partial charge is 0.489 e. The zero-order valence-electron chi connectivity index (χ0n) is 15.3. The Morgan fingerprint density at radius 2 is 1.46 bits per heavy atom. The van der Waals surface area contributed by atoms with Crippen LogP contribution in [-0.2, 0) is 23.4 Å². The summed E-state index contributed by atoms with van der Waals surface area (Å²) in [6.45, 7) is 1.91. The predicted octanol–water partition coefficient (Wildman–Crippen LogP) is 6.18. The van der Waals surface area contributed by atoms with Crippen LogP contribution in [0.3, 0.4) is 0 Å². The van der Waals surface area contributed by atoms with Crippen molar-refractivity contribution in [3.8, 4) is 5.75 Å². The Bertz CT molecular complexity index is 755. The minimum atomic E-state index is -5.68. The molecule has 2 nitrogen and oxygen atoms in total. The van der Waals surface area contributed by atoms with Gasteiger partial charge in [-0.2, -0.15) is 26.3 Å². The van der Waals surface area contributed by atoms with E-state index in [1.54, 1.807) is 31.2 Å². The minimum Gasteiger partial charge on any atom is -0.489 e. The zero-order valence-corrected chi connectivity index (χ0v) is 15.3. The van der Waals surface area contributed by atoms with Crippen LogP contribution in [0.4, 0.5) is 26.3 Å². The molecule has 0 bridgehead atoms. The van der Waals surface area contributed by atoms with Gasteiger partial charge in [0.2, 0.25) is 0 Å². The quantitative estimate of drug-likeness (QED) is 0.511. The van der Waals surface area contributed by atoms with Gasteiger partial charge in [-0.15, -0.1) is 0 Å². The normalized spacial score (nSPS) is 12.9. The molecule has 8 heteroatoms. The Morgan fingerprint density at radius 3 is 1.96 bits per heavy atom. The fraction of sp³-hybridized carbons (Fsp3) is 0.400. The lowest BCUT2D eigenvalue weighted by Gasteiger charge is -2.36. The summed E-state index contributed by atoms with van der Waals surface area (Å²) >= 11 is 0. The van der Waals surface area contributed by atoms with Crippen molar-refractivity contribution in [2.24, 2.45) is 0 Å². The molecule has 2 rings (SSSR count). The lowest BCUT2D eigenvalue weighted by Crippen LogP contribution is -2.55. The maximum atomic E-state index is 13.5. The van der Waals surface area contributed by atoms with Crippen molar-refractivity contribution in [1.82, 2.24) is 0 Å². The lowest BCUT2D eigenvalue weighted by molar-refractivity contribution is -0.383. The maximum Gasteiger partial charge on any atom is 0.430 e. The van der Waals surface area contributed by atoms with Gasteiger partial charge in [-0.05, 0) is 29.7 Å². The summed E-state index contributed by atoms with van der Waals surface area (Å²) in [7, 11) is 0.403. The van der Waals surface area contributed by atoms with Crippen molar-refractivity contribution in [2.45, 2.75) is 44.3 Å². The zero-order chi connectivity index (χ0) is 21.0. The highest BCUT2D eigenvalue weighted by Crippen LogP contribution is 2.53. The van der Waals surface area contributed by atoms with Crippen molar-refractivity contribution in [1.29, 1.82) is 0 Å². The van der Waals surface area contributed by atoms with Gasteiger partial charge in [-0.3, -0.25) is 0 Å². The number of alkyl halides is 6. The van der Waals surface area contributed by atoms with Gasteiger partial charge in [0.25, 0.3) is 5.60 Å². The molecular weight excluding hydrogens is 386 g/mol. The molecule has 0 aromatic heterocycles. The van der Waals surface area contributed by atoms with Crippen molar-refractivity contribution in [2.75, 3.05) is 7.11 Å². The number of rotatable bonds is 7. The van der Waals surface area contributed by atoms with Crippen LogP contribution >= 0.6 is 0 Å². The Morgan fingerprint density at radius 1 is 0.857 bits per heavy atom. The van der Waals surface area contributed by atoms with Crippen LogP contribution in [0.5, 0.6) is 5.75 Å². The van der Waals surface area contributed by atoms with E-state index in [9.17, 15) is 26.3 Å². The number of hydrogen-bond acceptors (Lipinski definition) is 2. The summed E-state index contributed by atoms with van der Waals surface area (Å²) in [6.07, 6.45) is -10.6. The van der Waals surface area contributed by atoms with Gasteiger partial charge >= 0.3 is 12.4 Å². The van der Waals surface area contributed by atoms with Crippen LogP contribution < -0.4 is 4.74 Å². The highest BCUT2D eigenvalue weighted by Gasteiger charge is 2.73. The standard InChI is InChI=1S/C20H20F6O2/c1-3-7-15-12-16(18(27-2,19(21,22)23)20(24,25)26)10-11-17(15)28-13-14-8-5-4-6-9-14/h4-6,8-12H,3,7,13H2,1-2H3. The Hall–Kier alpha value is -2.22. The molecule has 0 atom stereocenters. The molecule has 154 valence electrons. The highest BCUT2D eigenvalue weighted by atomic mass is 19.4. The van der Waals surface area contributed by atoms with Gasteiger partial charge in [-0.25, -0.2) is 0 Å². The summed E-state index contributed by atoms with van der Waals surface area (Å²) in [5, 5.41) is 0. The molecule has 0 aliphatic heterocycles. The van der Waals surface area contributed by atoms with E-state index in [1.807, 2.05) is 6.07 Å². The number of halogens is 6. The molecule has 0 aliphatic rings. The van der Waals surface area contributed by atoms with E-state index in [2.05, 4.69) is 4.74 Å². The van der Waals surface area contributed by atoms with Gasteiger partial charge in [0.05, 0.1) is 0 Å². The molecular formula is C20H20F6O2. The van der Waals surface area contributed by atoms with Crippen LogP contribution in [0.1, 0.15) is 30.0 Å². The number of hydrogen-bond donors (Lipinski definition) is 0. The summed E-state index contributed by atoms with van der Waals surface area (Å²) in [6, 6.07) is 11.8. The smallest absolute Gasteiger partial charge is 0.430 e. The monoisotopic (exact) mass is 406 g/mol. The second-order valence-electron chi connectivity index (χ2n) is 6.23. The first-order chi connectivity index (χ1) is 13.1. The third-order valence-corrected chi connectivity index (χ3v) is 4.33. The summed E-state index contributed by atoms with van der Waals surface area (Å²) < 4.78 is 90.5. The maximum absolute atomic E-state index is 13.5. The summed E-state index contributed by atoms with van der Waals surface area (Å²) in [5.74, 6) is 0.240. The molecule has 0 spiro atoms. The second kappa shape index (κ2) is 8.43. The Kier molecular flexibility index (Phi) is 6.64. The topological polar surface area (TPSA) is 18.5 Å². The molecule has 0 fully saturated rings. The number of benzene rings is 2. The Balaban J connectivity index is 2.47. The van der Waals surface area contributed by atoms with Crippen LogP contribution in [-0.4, -0.2) is 19.5 Å². The highest BCUT2D eigenvalue weighted by molar-refractivity contribution is 5.41. The van der Waals surface area contributed by atoms with Crippen LogP contribution in [0, 0.1) is 0 Å². The minimum absolute atomic E-state index is 0.144. The molecule has 0 radical (unpaired) electrons. The lowest BCUT2D eigenvalue weighted by atomic mass is 9.89.